The van der Waals surface area contributed by atoms with Gasteiger partial charge in [0.05, 0.1) is 11.1 Å². The molecular formula is C16H19NO. The maximum atomic E-state index is 10.6. The molecule has 0 atom stereocenters. The molecule has 1 saturated carbocycles. The molecule has 0 spiro atoms. The topological polar surface area (TPSA) is 33.1 Å². The Morgan fingerprint density at radius 2 is 2.06 bits per heavy atom. The Kier molecular flexibility index (Phi) is 2.63. The van der Waals surface area contributed by atoms with Crippen LogP contribution in [-0.4, -0.2) is 10.1 Å². The number of hydrogen-bond donors (Lipinski definition) is 1. The van der Waals surface area contributed by atoms with Crippen LogP contribution >= 0.6 is 0 Å². The molecule has 0 saturated heterocycles. The second-order valence-corrected chi connectivity index (χ2v) is 5.85. The minimum absolute atomic E-state index is 0.624. The van der Waals surface area contributed by atoms with Crippen molar-refractivity contribution in [2.75, 3.05) is 0 Å². The van der Waals surface area contributed by atoms with Crippen LogP contribution in [0.2, 0.25) is 0 Å². The summed E-state index contributed by atoms with van der Waals surface area (Å²) in [6.45, 7) is 4.46. The van der Waals surface area contributed by atoms with Crippen molar-refractivity contribution in [2.24, 2.45) is 11.8 Å². The molecule has 0 radical (unpaired) electrons. The predicted molar refractivity (Wildman–Crippen MR) is 73.2 cm³/mol. The summed E-state index contributed by atoms with van der Waals surface area (Å²) < 4.78 is 0. The molecule has 1 aromatic heterocycles. The molecule has 0 bridgehead atoms. The van der Waals surface area contributed by atoms with E-state index < -0.39 is 5.60 Å². The lowest BCUT2D eigenvalue weighted by atomic mass is 9.63. The molecule has 0 unspecified atom stereocenters. The summed E-state index contributed by atoms with van der Waals surface area (Å²) in [4.78, 5) is 4.36. The van der Waals surface area contributed by atoms with Gasteiger partial charge in [0, 0.05) is 11.6 Å². The number of aromatic nitrogens is 1. The first-order valence-corrected chi connectivity index (χ1v) is 6.66. The third kappa shape index (κ3) is 1.81. The molecule has 1 aliphatic carbocycles. The van der Waals surface area contributed by atoms with Crippen molar-refractivity contribution in [2.45, 2.75) is 32.3 Å². The molecule has 3 rings (SSSR count). The second kappa shape index (κ2) is 4.06. The summed E-state index contributed by atoms with van der Waals surface area (Å²) in [6, 6.07) is 10.1. The number of nitrogens with zero attached hydrogens (tertiary/aromatic N) is 1. The van der Waals surface area contributed by atoms with Crippen molar-refractivity contribution in [1.82, 2.24) is 4.98 Å². The highest BCUT2D eigenvalue weighted by atomic mass is 16.3. The first-order chi connectivity index (χ1) is 8.58. The van der Waals surface area contributed by atoms with Gasteiger partial charge in [-0.1, -0.05) is 32.0 Å². The molecule has 2 aromatic rings. The van der Waals surface area contributed by atoms with E-state index in [2.05, 4.69) is 24.9 Å². The van der Waals surface area contributed by atoms with Gasteiger partial charge in [-0.3, -0.25) is 4.98 Å². The first-order valence-electron chi connectivity index (χ1n) is 6.66. The van der Waals surface area contributed by atoms with Crippen molar-refractivity contribution >= 4 is 10.9 Å². The maximum Gasteiger partial charge on any atom is 0.0902 e. The Bertz CT molecular complexity index is 570. The summed E-state index contributed by atoms with van der Waals surface area (Å²) in [7, 11) is 0. The average Bonchev–Trinajstić information content (AvgIpc) is 2.34. The van der Waals surface area contributed by atoms with Crippen LogP contribution in [0.1, 0.15) is 32.3 Å². The predicted octanol–water partition coefficient (Wildman–Crippen LogP) is 3.49. The third-order valence-electron chi connectivity index (χ3n) is 4.29. The molecule has 2 heteroatoms. The molecule has 94 valence electrons. The Morgan fingerprint density at radius 3 is 2.78 bits per heavy atom. The molecule has 0 amide bonds. The van der Waals surface area contributed by atoms with Gasteiger partial charge < -0.3 is 5.11 Å². The highest BCUT2D eigenvalue weighted by molar-refractivity contribution is 5.79. The monoisotopic (exact) mass is 241 g/mol. The molecule has 18 heavy (non-hydrogen) atoms. The van der Waals surface area contributed by atoms with Crippen LogP contribution in [0.15, 0.2) is 36.5 Å². The zero-order chi connectivity index (χ0) is 12.8. The minimum Gasteiger partial charge on any atom is -0.385 e. The Hall–Kier alpha value is -1.41. The highest BCUT2D eigenvalue weighted by Crippen LogP contribution is 2.48. The van der Waals surface area contributed by atoms with Crippen LogP contribution in [0.25, 0.3) is 10.9 Å². The summed E-state index contributed by atoms with van der Waals surface area (Å²) in [5, 5.41) is 11.8. The Morgan fingerprint density at radius 1 is 1.28 bits per heavy atom. The SMILES string of the molecule is CC(C)C1CC(O)(c2ccc3cccnc3c2)C1. The fourth-order valence-corrected chi connectivity index (χ4v) is 2.87. The van der Waals surface area contributed by atoms with Gasteiger partial charge in [0.1, 0.15) is 0 Å². The largest absolute Gasteiger partial charge is 0.385 e. The van der Waals surface area contributed by atoms with Gasteiger partial charge in [-0.05, 0) is 42.4 Å². The molecule has 1 aromatic carbocycles. The molecular weight excluding hydrogens is 222 g/mol. The van der Waals surface area contributed by atoms with E-state index in [4.69, 9.17) is 0 Å². The van der Waals surface area contributed by atoms with Crippen LogP contribution in [0, 0.1) is 11.8 Å². The fraction of sp³-hybridized carbons (Fsp3) is 0.438. The number of pyridine rings is 1. The van der Waals surface area contributed by atoms with E-state index in [1.807, 2.05) is 24.3 Å². The van der Waals surface area contributed by atoms with Crippen LogP contribution in [0.4, 0.5) is 0 Å². The van der Waals surface area contributed by atoms with Gasteiger partial charge in [0.2, 0.25) is 0 Å². The van der Waals surface area contributed by atoms with E-state index in [0.717, 1.165) is 29.3 Å². The highest BCUT2D eigenvalue weighted by Gasteiger charge is 2.44. The van der Waals surface area contributed by atoms with E-state index in [1.165, 1.54) is 0 Å². The van der Waals surface area contributed by atoms with Gasteiger partial charge in [0.25, 0.3) is 0 Å². The lowest BCUT2D eigenvalue weighted by Crippen LogP contribution is -2.43. The normalized spacial score (nSPS) is 27.4. The molecule has 0 aliphatic heterocycles. The van der Waals surface area contributed by atoms with Gasteiger partial charge in [-0.25, -0.2) is 0 Å². The standard InChI is InChI=1S/C16H19NO/c1-11(2)13-9-16(18,10-13)14-6-5-12-4-3-7-17-15(12)8-14/h3-8,11,13,18H,9-10H2,1-2H3. The van der Waals surface area contributed by atoms with Gasteiger partial charge in [0.15, 0.2) is 0 Å². The fourth-order valence-electron chi connectivity index (χ4n) is 2.87. The van der Waals surface area contributed by atoms with E-state index in [9.17, 15) is 5.11 Å². The first kappa shape index (κ1) is 11.7. The van der Waals surface area contributed by atoms with Crippen molar-refractivity contribution in [3.8, 4) is 0 Å². The number of fused-ring (bicyclic) bond motifs is 1. The number of hydrogen-bond acceptors (Lipinski definition) is 2. The van der Waals surface area contributed by atoms with Gasteiger partial charge >= 0.3 is 0 Å². The summed E-state index contributed by atoms with van der Waals surface area (Å²) >= 11 is 0. The molecule has 1 fully saturated rings. The van der Waals surface area contributed by atoms with Crippen LogP contribution < -0.4 is 0 Å². The van der Waals surface area contributed by atoms with Crippen LogP contribution in [0.3, 0.4) is 0 Å². The summed E-state index contributed by atoms with van der Waals surface area (Å²) in [6.07, 6.45) is 3.56. The van der Waals surface area contributed by atoms with Gasteiger partial charge in [-0.2, -0.15) is 0 Å². The van der Waals surface area contributed by atoms with Gasteiger partial charge in [-0.15, -0.1) is 0 Å². The molecule has 1 aliphatic rings. The zero-order valence-electron chi connectivity index (χ0n) is 10.9. The van der Waals surface area contributed by atoms with Crippen LogP contribution in [0.5, 0.6) is 0 Å². The molecule has 1 N–H and O–H groups in total. The van der Waals surface area contributed by atoms with E-state index in [0.29, 0.717) is 11.8 Å². The molecule has 1 heterocycles. The lowest BCUT2D eigenvalue weighted by molar-refractivity contribution is -0.0932. The Balaban J connectivity index is 1.91. The van der Waals surface area contributed by atoms with Crippen LogP contribution in [-0.2, 0) is 5.60 Å². The zero-order valence-corrected chi connectivity index (χ0v) is 10.9. The summed E-state index contributed by atoms with van der Waals surface area (Å²) in [5.74, 6) is 1.30. The average molecular weight is 241 g/mol. The van der Waals surface area contributed by atoms with E-state index in [-0.39, 0.29) is 0 Å². The lowest BCUT2D eigenvalue weighted by Gasteiger charge is -2.46. The minimum atomic E-state index is -0.624. The maximum absolute atomic E-state index is 10.6. The van der Waals surface area contributed by atoms with E-state index >= 15 is 0 Å². The third-order valence-corrected chi connectivity index (χ3v) is 4.29. The smallest absolute Gasteiger partial charge is 0.0902 e. The van der Waals surface area contributed by atoms with Crippen molar-refractivity contribution in [1.29, 1.82) is 0 Å². The quantitative estimate of drug-likeness (QED) is 0.873. The Labute approximate surface area is 108 Å². The number of rotatable bonds is 2. The molecule has 2 nitrogen and oxygen atoms in total. The number of aliphatic hydroxyl groups is 1. The number of benzene rings is 1. The summed E-state index contributed by atoms with van der Waals surface area (Å²) in [5.41, 5.74) is 1.36. The van der Waals surface area contributed by atoms with Crippen molar-refractivity contribution in [3.63, 3.8) is 0 Å². The second-order valence-electron chi connectivity index (χ2n) is 5.85. The van der Waals surface area contributed by atoms with Crippen molar-refractivity contribution in [3.05, 3.63) is 42.1 Å². The van der Waals surface area contributed by atoms with E-state index in [1.54, 1.807) is 6.20 Å². The van der Waals surface area contributed by atoms with Crippen molar-refractivity contribution < 1.29 is 5.11 Å².